The van der Waals surface area contributed by atoms with Crippen LogP contribution < -0.4 is 10.5 Å². The molecule has 0 saturated heterocycles. The fourth-order valence-corrected chi connectivity index (χ4v) is 2.70. The lowest BCUT2D eigenvalue weighted by Gasteiger charge is -2.13. The smallest absolute Gasteiger partial charge is 0.119 e. The first-order chi connectivity index (χ1) is 9.52. The number of aromatic nitrogens is 2. The Morgan fingerprint density at radius 3 is 2.50 bits per heavy atom. The molecule has 0 aliphatic carbocycles. The Balaban J connectivity index is 2.13. The van der Waals surface area contributed by atoms with Gasteiger partial charge in [0.05, 0.1) is 22.5 Å². The Morgan fingerprint density at radius 2 is 2.00 bits per heavy atom. The van der Waals surface area contributed by atoms with Gasteiger partial charge < -0.3 is 10.5 Å². The lowest BCUT2D eigenvalue weighted by molar-refractivity contribution is 0.340. The van der Waals surface area contributed by atoms with Crippen LogP contribution in [0.1, 0.15) is 29.9 Å². The van der Waals surface area contributed by atoms with Gasteiger partial charge in [-0.25, -0.2) is 0 Å². The molecule has 0 aliphatic heterocycles. The van der Waals surface area contributed by atoms with Gasteiger partial charge >= 0.3 is 0 Å². The molecule has 0 saturated carbocycles. The Bertz CT molecular complexity index is 578. The van der Waals surface area contributed by atoms with Gasteiger partial charge in [-0.2, -0.15) is 5.10 Å². The summed E-state index contributed by atoms with van der Waals surface area (Å²) in [6.45, 7) is 4.63. The molecule has 0 aliphatic rings. The number of hydrogen-bond donors (Lipinski definition) is 1. The van der Waals surface area contributed by atoms with E-state index in [1.54, 1.807) is 0 Å². The topological polar surface area (TPSA) is 53.1 Å². The predicted octanol–water partition coefficient (Wildman–Crippen LogP) is 3.13. The Hall–Kier alpha value is -1.33. The SMILES string of the molecule is CCOc1ccc(C(N)Cc2c(Br)c(C)nn2C)cc1. The molecule has 1 unspecified atom stereocenters. The zero-order valence-electron chi connectivity index (χ0n) is 12.1. The maximum absolute atomic E-state index is 6.30. The molecule has 20 heavy (non-hydrogen) atoms. The van der Waals surface area contributed by atoms with Crippen molar-refractivity contribution < 1.29 is 4.74 Å². The molecule has 2 N–H and O–H groups in total. The molecule has 0 spiro atoms. The van der Waals surface area contributed by atoms with Crippen LogP contribution in [0.2, 0.25) is 0 Å². The standard InChI is InChI=1S/C15H20BrN3O/c1-4-20-12-7-5-11(6-8-12)13(17)9-14-15(16)10(2)18-19(14)3/h5-8,13H,4,9,17H2,1-3H3. The van der Waals surface area contributed by atoms with Gasteiger partial charge in [-0.3, -0.25) is 4.68 Å². The zero-order chi connectivity index (χ0) is 14.7. The first-order valence-electron chi connectivity index (χ1n) is 6.69. The minimum Gasteiger partial charge on any atom is -0.494 e. The van der Waals surface area contributed by atoms with E-state index in [1.165, 1.54) is 0 Å². The van der Waals surface area contributed by atoms with E-state index in [9.17, 15) is 0 Å². The highest BCUT2D eigenvalue weighted by Crippen LogP contribution is 2.25. The van der Waals surface area contributed by atoms with Crippen molar-refractivity contribution in [1.29, 1.82) is 0 Å². The molecular formula is C15H20BrN3O. The number of halogens is 1. The Kier molecular flexibility index (Phi) is 4.83. The predicted molar refractivity (Wildman–Crippen MR) is 83.9 cm³/mol. The van der Waals surface area contributed by atoms with Gasteiger partial charge in [-0.05, 0) is 47.5 Å². The van der Waals surface area contributed by atoms with Crippen LogP contribution in [-0.2, 0) is 13.5 Å². The van der Waals surface area contributed by atoms with Crippen LogP contribution in [0.3, 0.4) is 0 Å². The van der Waals surface area contributed by atoms with E-state index in [-0.39, 0.29) is 6.04 Å². The van der Waals surface area contributed by atoms with E-state index in [1.807, 2.05) is 49.8 Å². The molecule has 0 radical (unpaired) electrons. The Labute approximate surface area is 128 Å². The van der Waals surface area contributed by atoms with Crippen LogP contribution in [0.5, 0.6) is 5.75 Å². The fourth-order valence-electron chi connectivity index (χ4n) is 2.21. The van der Waals surface area contributed by atoms with Gasteiger partial charge in [-0.1, -0.05) is 12.1 Å². The van der Waals surface area contributed by atoms with E-state index in [2.05, 4.69) is 21.0 Å². The molecule has 1 aromatic heterocycles. The average molecular weight is 338 g/mol. The minimum absolute atomic E-state index is 0.0585. The number of hydrogen-bond acceptors (Lipinski definition) is 3. The van der Waals surface area contributed by atoms with Crippen molar-refractivity contribution >= 4 is 15.9 Å². The van der Waals surface area contributed by atoms with Gasteiger partial charge in [0, 0.05) is 19.5 Å². The summed E-state index contributed by atoms with van der Waals surface area (Å²) in [4.78, 5) is 0. The second-order valence-corrected chi connectivity index (χ2v) is 5.58. The van der Waals surface area contributed by atoms with Crippen molar-refractivity contribution in [2.45, 2.75) is 26.3 Å². The third-order valence-electron chi connectivity index (χ3n) is 3.29. The van der Waals surface area contributed by atoms with E-state index in [0.29, 0.717) is 6.61 Å². The largest absolute Gasteiger partial charge is 0.494 e. The summed E-state index contributed by atoms with van der Waals surface area (Å²) in [5.74, 6) is 0.876. The van der Waals surface area contributed by atoms with Crippen LogP contribution in [0.15, 0.2) is 28.7 Å². The molecular weight excluding hydrogens is 318 g/mol. The lowest BCUT2D eigenvalue weighted by Crippen LogP contribution is -2.15. The van der Waals surface area contributed by atoms with Crippen molar-refractivity contribution in [2.24, 2.45) is 12.8 Å². The van der Waals surface area contributed by atoms with Gasteiger partial charge in [-0.15, -0.1) is 0 Å². The summed E-state index contributed by atoms with van der Waals surface area (Å²) < 4.78 is 8.36. The van der Waals surface area contributed by atoms with Gasteiger partial charge in [0.1, 0.15) is 5.75 Å². The molecule has 5 heteroatoms. The van der Waals surface area contributed by atoms with Crippen molar-refractivity contribution in [3.05, 3.63) is 45.7 Å². The van der Waals surface area contributed by atoms with Crippen LogP contribution in [-0.4, -0.2) is 16.4 Å². The van der Waals surface area contributed by atoms with E-state index in [4.69, 9.17) is 10.5 Å². The summed E-state index contributed by atoms with van der Waals surface area (Å²) in [6.07, 6.45) is 0.742. The third-order valence-corrected chi connectivity index (χ3v) is 4.33. The molecule has 108 valence electrons. The van der Waals surface area contributed by atoms with Crippen molar-refractivity contribution in [1.82, 2.24) is 9.78 Å². The van der Waals surface area contributed by atoms with Gasteiger partial charge in [0.15, 0.2) is 0 Å². The summed E-state index contributed by atoms with van der Waals surface area (Å²) >= 11 is 3.58. The molecule has 4 nitrogen and oxygen atoms in total. The fraction of sp³-hybridized carbons (Fsp3) is 0.400. The molecule has 0 amide bonds. The Morgan fingerprint density at radius 1 is 1.35 bits per heavy atom. The third kappa shape index (κ3) is 3.22. The number of ether oxygens (including phenoxy) is 1. The van der Waals surface area contributed by atoms with E-state index < -0.39 is 0 Å². The summed E-state index contributed by atoms with van der Waals surface area (Å²) in [5, 5.41) is 4.39. The normalized spacial score (nSPS) is 12.4. The first-order valence-corrected chi connectivity index (χ1v) is 7.48. The van der Waals surface area contributed by atoms with Crippen LogP contribution in [0.25, 0.3) is 0 Å². The summed E-state index contributed by atoms with van der Waals surface area (Å²) in [6, 6.07) is 7.90. The zero-order valence-corrected chi connectivity index (χ0v) is 13.6. The molecule has 1 atom stereocenters. The average Bonchev–Trinajstić information content (AvgIpc) is 2.66. The molecule has 2 rings (SSSR count). The minimum atomic E-state index is -0.0585. The van der Waals surface area contributed by atoms with Crippen LogP contribution in [0.4, 0.5) is 0 Å². The summed E-state index contributed by atoms with van der Waals surface area (Å²) in [7, 11) is 1.94. The number of aryl methyl sites for hydroxylation is 2. The van der Waals surface area contributed by atoms with Gasteiger partial charge in [0.25, 0.3) is 0 Å². The maximum atomic E-state index is 6.30. The highest BCUT2D eigenvalue weighted by Gasteiger charge is 2.15. The number of nitrogens with zero attached hydrogens (tertiary/aromatic N) is 2. The molecule has 2 aromatic rings. The number of nitrogens with two attached hydrogens (primary N) is 1. The number of benzene rings is 1. The lowest BCUT2D eigenvalue weighted by atomic mass is 10.0. The van der Waals surface area contributed by atoms with Crippen molar-refractivity contribution in [3.8, 4) is 5.75 Å². The quantitative estimate of drug-likeness (QED) is 0.911. The molecule has 0 fully saturated rings. The van der Waals surface area contributed by atoms with E-state index >= 15 is 0 Å². The monoisotopic (exact) mass is 337 g/mol. The first kappa shape index (κ1) is 15.1. The maximum Gasteiger partial charge on any atom is 0.119 e. The molecule has 1 heterocycles. The van der Waals surface area contributed by atoms with E-state index in [0.717, 1.165) is 33.6 Å². The van der Waals surface area contributed by atoms with Crippen molar-refractivity contribution in [2.75, 3.05) is 6.61 Å². The second-order valence-electron chi connectivity index (χ2n) is 4.78. The molecule has 0 bridgehead atoms. The van der Waals surface area contributed by atoms with Gasteiger partial charge in [0.2, 0.25) is 0 Å². The number of rotatable bonds is 5. The van der Waals surface area contributed by atoms with Crippen molar-refractivity contribution in [3.63, 3.8) is 0 Å². The summed E-state index contributed by atoms with van der Waals surface area (Å²) in [5.41, 5.74) is 9.49. The molecule has 1 aromatic carbocycles. The van der Waals surface area contributed by atoms with Crippen LogP contribution in [0, 0.1) is 6.92 Å². The van der Waals surface area contributed by atoms with Crippen LogP contribution >= 0.6 is 15.9 Å². The second kappa shape index (κ2) is 6.41. The highest BCUT2D eigenvalue weighted by molar-refractivity contribution is 9.10. The highest BCUT2D eigenvalue weighted by atomic mass is 79.9.